The number of pyridine rings is 1. The summed E-state index contributed by atoms with van der Waals surface area (Å²) in [4.78, 5) is 22.6. The number of hydrogen-bond donors (Lipinski definition) is 2. The summed E-state index contributed by atoms with van der Waals surface area (Å²) >= 11 is 0. The van der Waals surface area contributed by atoms with Crippen molar-refractivity contribution < 1.29 is 41.6 Å². The molecule has 2 aromatic heterocycles. The van der Waals surface area contributed by atoms with Gasteiger partial charge in [-0.05, 0) is 52.1 Å². The van der Waals surface area contributed by atoms with Crippen molar-refractivity contribution in [3.05, 3.63) is 60.4 Å². The third kappa shape index (κ3) is 8.12. The van der Waals surface area contributed by atoms with Gasteiger partial charge < -0.3 is 24.3 Å². The van der Waals surface area contributed by atoms with Gasteiger partial charge in [0.25, 0.3) is 0 Å². The molecule has 12 heteroatoms. The van der Waals surface area contributed by atoms with E-state index in [1.54, 1.807) is 18.2 Å². The number of rotatable bonds is 16. The van der Waals surface area contributed by atoms with Crippen LogP contribution < -0.4 is 15.3 Å². The highest BCUT2D eigenvalue weighted by atomic mass is 31.2. The fourth-order valence-electron chi connectivity index (χ4n) is 4.55. The van der Waals surface area contributed by atoms with E-state index in [1.807, 2.05) is 30.5 Å². The Morgan fingerprint density at radius 3 is 2.60 bits per heavy atom. The van der Waals surface area contributed by atoms with Gasteiger partial charge in [0.1, 0.15) is 29.7 Å². The highest BCUT2D eigenvalue weighted by Crippen LogP contribution is 2.46. The molecule has 0 saturated heterocycles. The van der Waals surface area contributed by atoms with Crippen molar-refractivity contribution in [1.29, 1.82) is 0 Å². The molecular formula is C31H42N5O6P. The van der Waals surface area contributed by atoms with Gasteiger partial charge in [-0.25, -0.2) is 14.5 Å². The van der Waals surface area contributed by atoms with E-state index in [-0.39, 0.29) is 18.2 Å². The largest absolute Gasteiger partial charge is 0.462 e. The first kappa shape index (κ1) is 21.2. The number of imidazole rings is 1. The van der Waals surface area contributed by atoms with Gasteiger partial charge in [0, 0.05) is 24.3 Å². The first-order chi connectivity index (χ1) is 24.7. The van der Waals surface area contributed by atoms with E-state index in [0.29, 0.717) is 47.2 Å². The first-order valence-electron chi connectivity index (χ1n) is 18.8. The number of carbonyl (C=O) groups excluding carboxylic acids is 1. The fraction of sp³-hybridized carbons (Fsp3) is 0.452. The standard InChI is InChI=1S/C31H42N5O6P/c1-6-8-14-23(19-40-43(38,42-24-15-10-9-11-16-24)35-22(5)31(37)41-21(3)4)36-27(20-39-7-2)34-28-29(36)25-17-12-13-18-26(25)33-30(28)32/h9-13,15-18,21-23H,6-8,14,19-20H2,1-5H3,(H2,32,33)(H,35,38)/t22-,23+,43-/m0/s1/i3D3,4D3,5D3,21D. The normalized spacial score (nSPS) is 19.1. The lowest BCUT2D eigenvalue weighted by atomic mass is 10.1. The zero-order valence-corrected chi connectivity index (χ0v) is 24.8. The Balaban J connectivity index is 1.82. The van der Waals surface area contributed by atoms with Crippen molar-refractivity contribution >= 4 is 41.5 Å². The number of unbranched alkanes of at least 4 members (excludes halogenated alkanes) is 1. The summed E-state index contributed by atoms with van der Waals surface area (Å²) in [5.74, 6) is -1.48. The first-order valence-corrected chi connectivity index (χ1v) is 15.3. The van der Waals surface area contributed by atoms with Crippen LogP contribution in [-0.4, -0.2) is 45.8 Å². The van der Waals surface area contributed by atoms with Gasteiger partial charge in [-0.2, -0.15) is 5.09 Å². The lowest BCUT2D eigenvalue weighted by Gasteiger charge is -2.27. The van der Waals surface area contributed by atoms with Crippen molar-refractivity contribution in [2.24, 2.45) is 0 Å². The van der Waals surface area contributed by atoms with Crippen LogP contribution in [0.4, 0.5) is 5.82 Å². The van der Waals surface area contributed by atoms with E-state index in [0.717, 1.165) is 6.42 Å². The molecule has 3 N–H and O–H groups in total. The lowest BCUT2D eigenvalue weighted by Crippen LogP contribution is -2.36. The molecule has 0 aliphatic heterocycles. The average molecular weight is 622 g/mol. The van der Waals surface area contributed by atoms with Crippen LogP contribution in [-0.2, 0) is 30.0 Å². The van der Waals surface area contributed by atoms with Crippen molar-refractivity contribution in [1.82, 2.24) is 19.6 Å². The van der Waals surface area contributed by atoms with E-state index >= 15 is 0 Å². The molecule has 0 unspecified atom stereocenters. The van der Waals surface area contributed by atoms with Gasteiger partial charge >= 0.3 is 13.7 Å². The summed E-state index contributed by atoms with van der Waals surface area (Å²) in [5.41, 5.74) is 7.92. The van der Waals surface area contributed by atoms with Crippen LogP contribution in [0.5, 0.6) is 5.75 Å². The average Bonchev–Trinajstić information content (AvgIpc) is 3.45. The van der Waals surface area contributed by atoms with Crippen LogP contribution in [0.1, 0.15) is 79.2 Å². The Hall–Kier alpha value is -3.50. The molecule has 0 fully saturated rings. The molecule has 4 rings (SSSR count). The molecule has 2 heterocycles. The van der Waals surface area contributed by atoms with Gasteiger partial charge in [0.2, 0.25) is 0 Å². The number of hydrogen-bond acceptors (Lipinski definition) is 9. The number of aromatic nitrogens is 3. The molecule has 0 bridgehead atoms. The third-order valence-electron chi connectivity index (χ3n) is 6.45. The molecule has 2 aromatic carbocycles. The van der Waals surface area contributed by atoms with Crippen LogP contribution in [0.15, 0.2) is 54.6 Å². The number of ether oxygens (including phenoxy) is 2. The number of nitrogens with two attached hydrogens (primary N) is 1. The third-order valence-corrected chi connectivity index (χ3v) is 7.96. The van der Waals surface area contributed by atoms with Gasteiger partial charge in [-0.1, -0.05) is 56.2 Å². The fourth-order valence-corrected chi connectivity index (χ4v) is 5.92. The van der Waals surface area contributed by atoms with Gasteiger partial charge in [0.05, 0.1) is 31.1 Å². The van der Waals surface area contributed by atoms with Crippen molar-refractivity contribution in [2.75, 3.05) is 18.9 Å². The van der Waals surface area contributed by atoms with Crippen LogP contribution in [0.2, 0.25) is 0 Å². The second kappa shape index (κ2) is 14.8. The van der Waals surface area contributed by atoms with E-state index in [1.165, 1.54) is 24.3 Å². The summed E-state index contributed by atoms with van der Waals surface area (Å²) in [6.07, 6.45) is -2.10. The molecule has 3 atom stereocenters. The maximum atomic E-state index is 14.7. The number of fused-ring (bicyclic) bond motifs is 3. The quantitative estimate of drug-likeness (QED) is 0.104. The number of carbonyl (C=O) groups is 1. The minimum Gasteiger partial charge on any atom is -0.462 e. The molecule has 0 amide bonds. The Morgan fingerprint density at radius 1 is 1.12 bits per heavy atom. The Morgan fingerprint density at radius 2 is 1.88 bits per heavy atom. The van der Waals surface area contributed by atoms with E-state index in [4.69, 9.17) is 38.2 Å². The maximum Gasteiger partial charge on any atom is 0.459 e. The second-order valence-corrected chi connectivity index (χ2v) is 11.2. The Kier molecular flexibility index (Phi) is 7.31. The van der Waals surface area contributed by atoms with Gasteiger partial charge in [-0.15, -0.1) is 0 Å². The molecule has 0 aliphatic rings. The zero-order valence-electron chi connectivity index (χ0n) is 33.9. The number of nitrogens with one attached hydrogen (secondary N) is 1. The predicted molar refractivity (Wildman–Crippen MR) is 168 cm³/mol. The minimum atomic E-state index is -4.99. The number of benzene rings is 2. The van der Waals surface area contributed by atoms with Crippen molar-refractivity contribution in [3.8, 4) is 5.75 Å². The number of nitrogens with zero attached hydrogens (tertiary/aromatic N) is 3. The molecule has 4 aromatic rings. The molecule has 43 heavy (non-hydrogen) atoms. The second-order valence-electron chi connectivity index (χ2n) is 9.55. The number of nitrogen functional groups attached to an aromatic ring is 1. The monoisotopic (exact) mass is 621 g/mol. The summed E-state index contributed by atoms with van der Waals surface area (Å²) < 4.78 is 116. The van der Waals surface area contributed by atoms with E-state index in [2.05, 4.69) is 14.8 Å². The van der Waals surface area contributed by atoms with Crippen LogP contribution in [0.3, 0.4) is 0 Å². The zero-order chi connectivity index (χ0) is 39.4. The summed E-state index contributed by atoms with van der Waals surface area (Å²) in [7, 11) is -4.99. The summed E-state index contributed by atoms with van der Waals surface area (Å²) in [5, 5.41) is 2.77. The van der Waals surface area contributed by atoms with Crippen LogP contribution >= 0.6 is 7.75 Å². The number of esters is 1. The van der Waals surface area contributed by atoms with Crippen LogP contribution in [0, 0.1) is 0 Å². The molecule has 232 valence electrons. The SMILES string of the molecule is [2H]C([2H])([2H])[C@H](N[P@](=O)(OC[C@@H](CCCC)n1c(COCC)nc2c(N)nc3ccccc3c21)Oc1ccccc1)C(=O)OC([2H])(C([2H])([2H])[2H])C([2H])([2H])[2H]. The summed E-state index contributed by atoms with van der Waals surface area (Å²) in [6.45, 7) is -7.19. The van der Waals surface area contributed by atoms with E-state index in [9.17, 15) is 9.36 Å². The predicted octanol–water partition coefficient (Wildman–Crippen LogP) is 6.57. The molecule has 0 spiro atoms. The molecule has 0 aliphatic carbocycles. The van der Waals surface area contributed by atoms with Gasteiger partial charge in [0.15, 0.2) is 5.82 Å². The lowest BCUT2D eigenvalue weighted by molar-refractivity contribution is -0.149. The minimum absolute atomic E-state index is 0.0484. The highest BCUT2D eigenvalue weighted by Gasteiger charge is 2.34. The van der Waals surface area contributed by atoms with Crippen LogP contribution in [0.25, 0.3) is 21.9 Å². The molecule has 0 saturated carbocycles. The topological polar surface area (TPSA) is 140 Å². The smallest absolute Gasteiger partial charge is 0.459 e. The molecular weight excluding hydrogens is 569 g/mol. The van der Waals surface area contributed by atoms with E-state index < -0.39 is 59.0 Å². The van der Waals surface area contributed by atoms with Crippen molar-refractivity contribution in [3.63, 3.8) is 0 Å². The molecule has 0 radical (unpaired) electrons. The summed E-state index contributed by atoms with van der Waals surface area (Å²) in [6, 6.07) is 11.3. The maximum absolute atomic E-state index is 14.7. The molecule has 11 nitrogen and oxygen atoms in total. The van der Waals surface area contributed by atoms with Gasteiger partial charge in [-0.3, -0.25) is 9.32 Å². The number of para-hydroxylation sites is 2. The van der Waals surface area contributed by atoms with Crippen molar-refractivity contribution in [2.45, 2.75) is 78.4 Å². The Labute approximate surface area is 266 Å². The Bertz CT molecular complexity index is 1910. The number of anilines is 1. The highest BCUT2D eigenvalue weighted by molar-refractivity contribution is 7.52.